The van der Waals surface area contributed by atoms with E-state index in [1.54, 1.807) is 31.4 Å². The third kappa shape index (κ3) is 5.26. The molecule has 0 spiro atoms. The number of benzene rings is 2. The Morgan fingerprint density at radius 3 is 2.52 bits per heavy atom. The Hall–Kier alpha value is -3.28. The van der Waals surface area contributed by atoms with E-state index in [1.807, 2.05) is 24.3 Å². The fourth-order valence-corrected chi connectivity index (χ4v) is 4.05. The Labute approximate surface area is 181 Å². The second-order valence-corrected chi connectivity index (χ2v) is 7.98. The van der Waals surface area contributed by atoms with E-state index >= 15 is 0 Å². The molecule has 0 radical (unpaired) electrons. The molecule has 0 unspecified atom stereocenters. The van der Waals surface area contributed by atoms with Crippen LogP contribution in [0.2, 0.25) is 0 Å². The average Bonchev–Trinajstić information content (AvgIpc) is 3.26. The first-order chi connectivity index (χ1) is 15.1. The fraction of sp³-hybridized carbons (Fsp3) is 0.360. The third-order valence-corrected chi connectivity index (χ3v) is 5.68. The Morgan fingerprint density at radius 2 is 1.77 bits per heavy atom. The van der Waals surface area contributed by atoms with Crippen LogP contribution in [0.3, 0.4) is 0 Å². The summed E-state index contributed by atoms with van der Waals surface area (Å²) in [4.78, 5) is 16.1. The maximum absolute atomic E-state index is 11.5. The van der Waals surface area contributed by atoms with E-state index < -0.39 is 5.97 Å². The second kappa shape index (κ2) is 9.69. The van der Waals surface area contributed by atoms with Crippen molar-refractivity contribution in [2.24, 2.45) is 0 Å². The van der Waals surface area contributed by atoms with Gasteiger partial charge in [-0.1, -0.05) is 43.5 Å². The summed E-state index contributed by atoms with van der Waals surface area (Å²) in [6, 6.07) is 12.7. The van der Waals surface area contributed by atoms with Gasteiger partial charge in [-0.15, -0.1) is 0 Å². The third-order valence-electron chi connectivity index (χ3n) is 5.68. The Bertz CT molecular complexity index is 1040. The predicted octanol–water partition coefficient (Wildman–Crippen LogP) is 5.89. The molecular formula is C25H27NO5. The molecule has 1 aromatic heterocycles. The molecule has 31 heavy (non-hydrogen) atoms. The molecule has 6 nitrogen and oxygen atoms in total. The summed E-state index contributed by atoms with van der Waals surface area (Å²) in [5.41, 5.74) is 2.41. The van der Waals surface area contributed by atoms with Gasteiger partial charge >= 0.3 is 5.97 Å². The Kier molecular flexibility index (Phi) is 6.55. The number of hydrogen-bond acceptors (Lipinski definition) is 5. The van der Waals surface area contributed by atoms with Crippen molar-refractivity contribution in [2.75, 3.05) is 0 Å². The van der Waals surface area contributed by atoms with Gasteiger partial charge in [-0.25, -0.2) is 9.78 Å². The number of carboxylic acid groups (broad SMARTS) is 1. The van der Waals surface area contributed by atoms with Crippen LogP contribution in [0.15, 0.2) is 53.1 Å². The minimum atomic E-state index is -0.950. The number of oxazole rings is 1. The number of rotatable bonds is 8. The molecule has 0 saturated heterocycles. The summed E-state index contributed by atoms with van der Waals surface area (Å²) in [6.07, 6.45) is 7.74. The van der Waals surface area contributed by atoms with Crippen LogP contribution in [-0.2, 0) is 13.2 Å². The molecule has 3 aromatic rings. The lowest BCUT2D eigenvalue weighted by atomic mass is 9.89. The van der Waals surface area contributed by atoms with Crippen molar-refractivity contribution in [3.8, 4) is 11.5 Å². The number of carbonyl (C=O) groups is 1. The highest BCUT2D eigenvalue weighted by Crippen LogP contribution is 2.32. The standard InChI is InChI=1S/C25H27NO5/c1-17-7-5-10-19(23(17)25(27)28)14-29-21-11-6-12-22(13-21)30-15-20-16-31-24(26-20)18-8-3-2-4-9-18/h5-7,10-13,16,18H,2-4,8-9,14-15H2,1H3,(H,27,28). The normalized spacial score (nSPS) is 14.4. The second-order valence-electron chi connectivity index (χ2n) is 7.98. The lowest BCUT2D eigenvalue weighted by Crippen LogP contribution is -2.08. The number of aromatic carboxylic acids is 1. The summed E-state index contributed by atoms with van der Waals surface area (Å²) >= 11 is 0. The first kappa shape index (κ1) is 21.0. The van der Waals surface area contributed by atoms with Crippen LogP contribution in [0.1, 0.15) is 71.1 Å². The number of hydrogen-bond donors (Lipinski definition) is 1. The Balaban J connectivity index is 1.35. The molecule has 1 saturated carbocycles. The summed E-state index contributed by atoms with van der Waals surface area (Å²) in [6.45, 7) is 2.27. The maximum Gasteiger partial charge on any atom is 0.336 e. The number of aryl methyl sites for hydroxylation is 1. The molecule has 4 rings (SSSR count). The lowest BCUT2D eigenvalue weighted by Gasteiger charge is -2.17. The SMILES string of the molecule is Cc1cccc(COc2cccc(OCc3coc(C4CCCCC4)n3)c2)c1C(=O)O. The molecule has 1 heterocycles. The smallest absolute Gasteiger partial charge is 0.336 e. The zero-order chi connectivity index (χ0) is 21.6. The van der Waals surface area contributed by atoms with Crippen molar-refractivity contribution < 1.29 is 23.8 Å². The summed E-state index contributed by atoms with van der Waals surface area (Å²) in [5, 5.41) is 9.46. The molecule has 2 aromatic carbocycles. The maximum atomic E-state index is 11.5. The molecule has 1 fully saturated rings. The van der Waals surface area contributed by atoms with Crippen LogP contribution in [0.25, 0.3) is 0 Å². The van der Waals surface area contributed by atoms with Gasteiger partial charge < -0.3 is 19.0 Å². The number of aromatic nitrogens is 1. The molecule has 1 aliphatic carbocycles. The highest BCUT2D eigenvalue weighted by atomic mass is 16.5. The number of ether oxygens (including phenoxy) is 2. The number of nitrogens with zero attached hydrogens (tertiary/aromatic N) is 1. The van der Waals surface area contributed by atoms with Gasteiger partial charge in [0.1, 0.15) is 36.7 Å². The van der Waals surface area contributed by atoms with E-state index in [-0.39, 0.29) is 12.2 Å². The quantitative estimate of drug-likeness (QED) is 0.489. The van der Waals surface area contributed by atoms with E-state index in [0.717, 1.165) is 24.4 Å². The van der Waals surface area contributed by atoms with Gasteiger partial charge in [-0.05, 0) is 37.5 Å². The van der Waals surface area contributed by atoms with E-state index in [4.69, 9.17) is 13.9 Å². The van der Waals surface area contributed by atoms with Gasteiger partial charge in [0.2, 0.25) is 0 Å². The van der Waals surface area contributed by atoms with Gasteiger partial charge in [0.05, 0.1) is 5.56 Å². The topological polar surface area (TPSA) is 81.8 Å². The van der Waals surface area contributed by atoms with Gasteiger partial charge in [0.25, 0.3) is 0 Å². The molecule has 0 aliphatic heterocycles. The predicted molar refractivity (Wildman–Crippen MR) is 116 cm³/mol. The van der Waals surface area contributed by atoms with Crippen molar-refractivity contribution in [2.45, 2.75) is 58.2 Å². The summed E-state index contributed by atoms with van der Waals surface area (Å²) < 4.78 is 17.4. The van der Waals surface area contributed by atoms with Gasteiger partial charge in [0, 0.05) is 17.5 Å². The zero-order valence-electron chi connectivity index (χ0n) is 17.7. The van der Waals surface area contributed by atoms with Crippen LogP contribution < -0.4 is 9.47 Å². The molecule has 162 valence electrons. The van der Waals surface area contributed by atoms with E-state index in [0.29, 0.717) is 35.2 Å². The average molecular weight is 421 g/mol. The highest BCUT2D eigenvalue weighted by Gasteiger charge is 2.20. The van der Waals surface area contributed by atoms with Gasteiger partial charge in [-0.3, -0.25) is 0 Å². The van der Waals surface area contributed by atoms with E-state index in [9.17, 15) is 9.90 Å². The minimum Gasteiger partial charge on any atom is -0.489 e. The zero-order valence-corrected chi connectivity index (χ0v) is 17.7. The monoisotopic (exact) mass is 421 g/mol. The van der Waals surface area contributed by atoms with Crippen LogP contribution in [-0.4, -0.2) is 16.1 Å². The summed E-state index contributed by atoms with van der Waals surface area (Å²) in [5.74, 6) is 1.56. The van der Waals surface area contributed by atoms with Gasteiger partial charge in [-0.2, -0.15) is 0 Å². The molecule has 1 aliphatic rings. The molecule has 0 bridgehead atoms. The number of carboxylic acids is 1. The summed E-state index contributed by atoms with van der Waals surface area (Å²) in [7, 11) is 0. The molecule has 0 atom stereocenters. The van der Waals surface area contributed by atoms with Gasteiger partial charge in [0.15, 0.2) is 5.89 Å². The van der Waals surface area contributed by atoms with Crippen molar-refractivity contribution >= 4 is 5.97 Å². The van der Waals surface area contributed by atoms with Crippen LogP contribution in [0.4, 0.5) is 0 Å². The molecular weight excluding hydrogens is 394 g/mol. The molecule has 6 heteroatoms. The van der Waals surface area contributed by atoms with Crippen molar-refractivity contribution in [3.05, 3.63) is 77.0 Å². The largest absolute Gasteiger partial charge is 0.489 e. The fourth-order valence-electron chi connectivity index (χ4n) is 4.05. The molecule has 1 N–H and O–H groups in total. The highest BCUT2D eigenvalue weighted by molar-refractivity contribution is 5.91. The van der Waals surface area contributed by atoms with Crippen molar-refractivity contribution in [1.29, 1.82) is 0 Å². The first-order valence-corrected chi connectivity index (χ1v) is 10.7. The van der Waals surface area contributed by atoms with Crippen LogP contribution in [0.5, 0.6) is 11.5 Å². The Morgan fingerprint density at radius 1 is 1.06 bits per heavy atom. The molecule has 0 amide bonds. The van der Waals surface area contributed by atoms with Crippen LogP contribution >= 0.6 is 0 Å². The minimum absolute atomic E-state index is 0.167. The van der Waals surface area contributed by atoms with E-state index in [2.05, 4.69) is 4.98 Å². The lowest BCUT2D eigenvalue weighted by molar-refractivity contribution is 0.0693. The van der Waals surface area contributed by atoms with Crippen LogP contribution in [0, 0.1) is 6.92 Å². The first-order valence-electron chi connectivity index (χ1n) is 10.7. The van der Waals surface area contributed by atoms with Crippen molar-refractivity contribution in [3.63, 3.8) is 0 Å². The van der Waals surface area contributed by atoms with Crippen molar-refractivity contribution in [1.82, 2.24) is 4.98 Å². The van der Waals surface area contributed by atoms with E-state index in [1.165, 1.54) is 19.3 Å².